The van der Waals surface area contributed by atoms with Gasteiger partial charge in [-0.1, -0.05) is 36.4 Å². The van der Waals surface area contributed by atoms with Gasteiger partial charge in [-0.05, 0) is 42.5 Å². The van der Waals surface area contributed by atoms with E-state index in [1.54, 1.807) is 6.92 Å². The van der Waals surface area contributed by atoms with E-state index in [1.807, 2.05) is 53.4 Å². The van der Waals surface area contributed by atoms with E-state index in [0.717, 1.165) is 29.8 Å². The lowest BCUT2D eigenvalue weighted by Crippen LogP contribution is -2.53. The molecule has 1 amide bonds. The van der Waals surface area contributed by atoms with Crippen molar-refractivity contribution in [3.63, 3.8) is 0 Å². The summed E-state index contributed by atoms with van der Waals surface area (Å²) in [7, 11) is 0. The van der Waals surface area contributed by atoms with Crippen molar-refractivity contribution in [2.45, 2.75) is 38.8 Å². The van der Waals surface area contributed by atoms with Crippen LogP contribution in [-0.2, 0) is 14.3 Å². The van der Waals surface area contributed by atoms with Gasteiger partial charge in [0, 0.05) is 37.2 Å². The number of nitrogens with one attached hydrogen (secondary N) is 1. The first-order chi connectivity index (χ1) is 13.6. The van der Waals surface area contributed by atoms with Crippen molar-refractivity contribution >= 4 is 23.3 Å². The Morgan fingerprint density at radius 2 is 1.71 bits per heavy atom. The third-order valence-corrected chi connectivity index (χ3v) is 5.72. The fourth-order valence-electron chi connectivity index (χ4n) is 4.43. The molecule has 1 N–H and O–H groups in total. The maximum absolute atomic E-state index is 12.7. The summed E-state index contributed by atoms with van der Waals surface area (Å²) in [4.78, 5) is 26.2. The van der Waals surface area contributed by atoms with Crippen LogP contribution < -0.4 is 10.2 Å². The van der Waals surface area contributed by atoms with Gasteiger partial charge in [-0.15, -0.1) is 0 Å². The number of amides is 1. The molecule has 1 unspecified atom stereocenters. The van der Waals surface area contributed by atoms with Gasteiger partial charge >= 0.3 is 5.97 Å². The van der Waals surface area contributed by atoms with Crippen LogP contribution in [0.2, 0.25) is 0 Å². The summed E-state index contributed by atoms with van der Waals surface area (Å²) in [6.07, 6.45) is 2.20. The van der Waals surface area contributed by atoms with Gasteiger partial charge in [-0.25, -0.2) is 0 Å². The van der Waals surface area contributed by atoms with E-state index in [4.69, 9.17) is 4.74 Å². The molecule has 0 radical (unpaired) electrons. The molecular weight excluding hydrogens is 352 g/mol. The molecule has 3 atom stereocenters. The lowest BCUT2D eigenvalue weighted by atomic mass is 9.79. The molecule has 2 aromatic carbocycles. The fraction of sp³-hybridized carbons (Fsp3) is 0.391. The van der Waals surface area contributed by atoms with Crippen molar-refractivity contribution in [3.8, 4) is 0 Å². The summed E-state index contributed by atoms with van der Waals surface area (Å²) in [5, 5.41) is 3.65. The van der Waals surface area contributed by atoms with Crippen LogP contribution in [0.25, 0.3) is 0 Å². The monoisotopic (exact) mass is 378 g/mol. The largest absolute Gasteiger partial charge is 0.465 e. The Morgan fingerprint density at radius 3 is 2.36 bits per heavy atom. The van der Waals surface area contributed by atoms with Gasteiger partial charge in [0.05, 0.1) is 12.6 Å². The second-order valence-corrected chi connectivity index (χ2v) is 7.73. The number of nitrogens with zero attached hydrogens (tertiary/aromatic N) is 1. The first-order valence-electron chi connectivity index (χ1n) is 9.90. The van der Waals surface area contributed by atoms with Crippen molar-refractivity contribution in [3.05, 3.63) is 60.2 Å². The smallest absolute Gasteiger partial charge is 0.302 e. The molecule has 5 nitrogen and oxygen atoms in total. The number of benzene rings is 2. The summed E-state index contributed by atoms with van der Waals surface area (Å²) < 4.78 is 5.48. The summed E-state index contributed by atoms with van der Waals surface area (Å²) >= 11 is 0. The number of anilines is 2. The Kier molecular flexibility index (Phi) is 5.07. The first-order valence-corrected chi connectivity index (χ1v) is 9.90. The van der Waals surface area contributed by atoms with Gasteiger partial charge in [0.25, 0.3) is 0 Å². The van der Waals surface area contributed by atoms with E-state index in [0.29, 0.717) is 12.5 Å². The first kappa shape index (κ1) is 18.5. The van der Waals surface area contributed by atoms with E-state index in [2.05, 4.69) is 11.4 Å². The van der Waals surface area contributed by atoms with Crippen LogP contribution in [0.15, 0.2) is 54.6 Å². The van der Waals surface area contributed by atoms with Crippen LogP contribution in [0.1, 0.15) is 38.3 Å². The van der Waals surface area contributed by atoms with Crippen LogP contribution >= 0.6 is 0 Å². The quantitative estimate of drug-likeness (QED) is 0.794. The average Bonchev–Trinajstić information content (AvgIpc) is 3.52. The summed E-state index contributed by atoms with van der Waals surface area (Å²) in [5.41, 5.74) is 3.04. The van der Waals surface area contributed by atoms with E-state index in [-0.39, 0.29) is 29.9 Å². The molecule has 0 spiro atoms. The Morgan fingerprint density at radius 1 is 1.04 bits per heavy atom. The minimum atomic E-state index is -0.291. The minimum Gasteiger partial charge on any atom is -0.465 e. The molecule has 1 aliphatic carbocycles. The molecule has 2 aliphatic rings. The van der Waals surface area contributed by atoms with Crippen LogP contribution in [0.4, 0.5) is 11.4 Å². The Labute approximate surface area is 165 Å². The average molecular weight is 378 g/mol. The van der Waals surface area contributed by atoms with Gasteiger partial charge in [0.2, 0.25) is 5.91 Å². The highest BCUT2D eigenvalue weighted by atomic mass is 16.5. The zero-order chi connectivity index (χ0) is 19.7. The van der Waals surface area contributed by atoms with Crippen molar-refractivity contribution in [1.82, 2.24) is 0 Å². The number of fused-ring (bicyclic) bond motifs is 1. The molecule has 28 heavy (non-hydrogen) atoms. The topological polar surface area (TPSA) is 58.6 Å². The van der Waals surface area contributed by atoms with Crippen molar-refractivity contribution in [1.29, 1.82) is 0 Å². The summed E-state index contributed by atoms with van der Waals surface area (Å²) in [5.74, 6) is 0.171. The molecular formula is C23H26N2O3. The number of para-hydroxylation sites is 2. The lowest BCUT2D eigenvalue weighted by Gasteiger charge is -2.46. The Balaban J connectivity index is 1.79. The molecule has 4 rings (SSSR count). The molecule has 0 saturated heterocycles. The zero-order valence-electron chi connectivity index (χ0n) is 16.3. The van der Waals surface area contributed by atoms with E-state index in [9.17, 15) is 9.59 Å². The standard InChI is InChI=1S/C23H26N2O3/c1-15(26)25-21-11-7-6-10-19(21)22(24-18-8-4-3-5-9-18)20(14-28-16(2)27)23(25)17-12-13-17/h3-11,17,20,22-24H,12-14H2,1-2H3/t20?,22-,23-/m0/s1. The predicted molar refractivity (Wildman–Crippen MR) is 109 cm³/mol. The highest BCUT2D eigenvalue weighted by molar-refractivity contribution is 5.94. The second-order valence-electron chi connectivity index (χ2n) is 7.73. The van der Waals surface area contributed by atoms with Crippen LogP contribution in [0.3, 0.4) is 0 Å². The van der Waals surface area contributed by atoms with E-state index < -0.39 is 0 Å². The molecule has 5 heteroatoms. The Bertz CT molecular complexity index is 863. The van der Waals surface area contributed by atoms with Gasteiger partial charge in [-0.3, -0.25) is 9.59 Å². The number of esters is 1. The lowest BCUT2D eigenvalue weighted by molar-refractivity contribution is -0.142. The summed E-state index contributed by atoms with van der Waals surface area (Å²) in [6, 6.07) is 18.1. The van der Waals surface area contributed by atoms with Crippen molar-refractivity contribution in [2.24, 2.45) is 11.8 Å². The van der Waals surface area contributed by atoms with E-state index in [1.165, 1.54) is 6.92 Å². The molecule has 0 aromatic heterocycles. The van der Waals surface area contributed by atoms with Crippen LogP contribution in [0, 0.1) is 11.8 Å². The molecule has 1 fully saturated rings. The minimum absolute atomic E-state index is 0.0181. The molecule has 0 bridgehead atoms. The number of ether oxygens (including phenoxy) is 1. The normalized spacial score (nSPS) is 23.6. The SMILES string of the molecule is CC(=O)OCC1[C@H](C2CC2)N(C(C)=O)c2ccccc2[C@@H]1Nc1ccccc1. The van der Waals surface area contributed by atoms with Gasteiger partial charge in [0.1, 0.15) is 0 Å². The van der Waals surface area contributed by atoms with E-state index >= 15 is 0 Å². The maximum atomic E-state index is 12.7. The van der Waals surface area contributed by atoms with Crippen molar-refractivity contribution < 1.29 is 14.3 Å². The third kappa shape index (κ3) is 3.61. The van der Waals surface area contributed by atoms with Crippen LogP contribution in [0.5, 0.6) is 0 Å². The Hall–Kier alpha value is -2.82. The highest BCUT2D eigenvalue weighted by Crippen LogP contribution is 2.50. The zero-order valence-corrected chi connectivity index (χ0v) is 16.3. The predicted octanol–water partition coefficient (Wildman–Crippen LogP) is 4.16. The molecule has 1 aliphatic heterocycles. The number of hydrogen-bond acceptors (Lipinski definition) is 4. The highest BCUT2D eigenvalue weighted by Gasteiger charge is 2.49. The maximum Gasteiger partial charge on any atom is 0.302 e. The molecule has 2 aromatic rings. The number of hydrogen-bond donors (Lipinski definition) is 1. The molecule has 1 saturated carbocycles. The van der Waals surface area contributed by atoms with Crippen molar-refractivity contribution in [2.75, 3.05) is 16.8 Å². The molecule has 146 valence electrons. The number of carbonyl (C=O) groups is 2. The van der Waals surface area contributed by atoms with Gasteiger partial charge in [0.15, 0.2) is 0 Å². The third-order valence-electron chi connectivity index (χ3n) is 5.72. The fourth-order valence-corrected chi connectivity index (χ4v) is 4.43. The summed E-state index contributed by atoms with van der Waals surface area (Å²) in [6.45, 7) is 3.35. The number of carbonyl (C=O) groups excluding carboxylic acids is 2. The molecule has 1 heterocycles. The van der Waals surface area contributed by atoms with Crippen LogP contribution in [-0.4, -0.2) is 24.5 Å². The van der Waals surface area contributed by atoms with Gasteiger partial charge < -0.3 is 15.0 Å². The second kappa shape index (κ2) is 7.66. The van der Waals surface area contributed by atoms with Gasteiger partial charge in [-0.2, -0.15) is 0 Å². The number of rotatable bonds is 5.